The molecule has 2 aromatic carbocycles. The van der Waals surface area contributed by atoms with Crippen molar-refractivity contribution in [1.82, 2.24) is 10.2 Å². The fourth-order valence-corrected chi connectivity index (χ4v) is 3.89. The van der Waals surface area contributed by atoms with Crippen molar-refractivity contribution in [2.75, 3.05) is 11.1 Å². The number of hydrogen-bond acceptors (Lipinski definition) is 6. The lowest BCUT2D eigenvalue weighted by molar-refractivity contribution is -0.113. The molecule has 1 amide bonds. The van der Waals surface area contributed by atoms with Gasteiger partial charge < -0.3 is 14.5 Å². The molecule has 0 bridgehead atoms. The molecule has 3 aromatic rings. The van der Waals surface area contributed by atoms with Gasteiger partial charge in [-0.05, 0) is 55.7 Å². The average Bonchev–Trinajstić information content (AvgIpc) is 3.10. The normalized spacial score (nSPS) is 10.7. The first-order valence-corrected chi connectivity index (χ1v) is 10.4. The Labute approximate surface area is 176 Å². The van der Waals surface area contributed by atoms with Crippen molar-refractivity contribution in [3.05, 3.63) is 63.5 Å². The van der Waals surface area contributed by atoms with Crippen LogP contribution in [0.5, 0.6) is 5.75 Å². The van der Waals surface area contributed by atoms with E-state index in [0.717, 1.165) is 32.6 Å². The summed E-state index contributed by atoms with van der Waals surface area (Å²) >= 11 is 4.64. The molecule has 1 aromatic heterocycles. The molecule has 0 spiro atoms. The Morgan fingerprint density at radius 1 is 1.14 bits per heavy atom. The van der Waals surface area contributed by atoms with Gasteiger partial charge in [-0.2, -0.15) is 0 Å². The number of nitrogens with zero attached hydrogens (tertiary/aromatic N) is 2. The van der Waals surface area contributed by atoms with Gasteiger partial charge in [0.25, 0.3) is 11.1 Å². The minimum atomic E-state index is -0.130. The molecule has 3 rings (SSSR count). The first-order valence-electron chi connectivity index (χ1n) is 8.62. The Bertz CT molecular complexity index is 967. The molecule has 0 unspecified atom stereocenters. The summed E-state index contributed by atoms with van der Waals surface area (Å²) in [7, 11) is 0. The van der Waals surface area contributed by atoms with Gasteiger partial charge in [0.05, 0.1) is 5.75 Å². The molecule has 0 radical (unpaired) electrons. The van der Waals surface area contributed by atoms with E-state index in [9.17, 15) is 4.79 Å². The second kappa shape index (κ2) is 9.25. The van der Waals surface area contributed by atoms with E-state index in [4.69, 9.17) is 9.15 Å². The van der Waals surface area contributed by atoms with Gasteiger partial charge in [-0.25, -0.2) is 0 Å². The maximum atomic E-state index is 12.3. The molecular weight excluding hydrogens is 442 g/mol. The van der Waals surface area contributed by atoms with E-state index in [-0.39, 0.29) is 18.3 Å². The molecule has 0 aliphatic rings. The zero-order valence-electron chi connectivity index (χ0n) is 15.8. The minimum absolute atomic E-state index is 0.130. The Morgan fingerprint density at radius 3 is 2.57 bits per heavy atom. The molecule has 1 N–H and O–H groups in total. The number of para-hydroxylation sites is 1. The van der Waals surface area contributed by atoms with E-state index in [1.54, 1.807) is 0 Å². The SMILES string of the molecule is Cc1ccccc1OCc1nnc(SCC(=O)Nc2c(C)cc(Br)cc2C)o1. The number of carbonyl (C=O) groups excluding carboxylic acids is 1. The third kappa shape index (κ3) is 5.36. The molecule has 0 aliphatic heterocycles. The van der Waals surface area contributed by atoms with Crippen molar-refractivity contribution < 1.29 is 13.9 Å². The molecule has 1 heterocycles. The number of ether oxygens (including phenoxy) is 1. The van der Waals surface area contributed by atoms with E-state index in [2.05, 4.69) is 31.4 Å². The number of anilines is 1. The highest BCUT2D eigenvalue weighted by atomic mass is 79.9. The minimum Gasteiger partial charge on any atom is -0.484 e. The van der Waals surface area contributed by atoms with E-state index in [1.807, 2.05) is 57.2 Å². The van der Waals surface area contributed by atoms with Crippen molar-refractivity contribution in [3.8, 4) is 5.75 Å². The van der Waals surface area contributed by atoms with Crippen molar-refractivity contribution in [2.45, 2.75) is 32.6 Å². The highest BCUT2D eigenvalue weighted by Gasteiger charge is 2.13. The quantitative estimate of drug-likeness (QED) is 0.495. The topological polar surface area (TPSA) is 77.2 Å². The van der Waals surface area contributed by atoms with Crippen LogP contribution in [-0.4, -0.2) is 21.9 Å². The predicted octanol–water partition coefficient (Wildman–Crippen LogP) is 5.07. The van der Waals surface area contributed by atoms with Crippen LogP contribution in [0.3, 0.4) is 0 Å². The highest BCUT2D eigenvalue weighted by molar-refractivity contribution is 9.10. The molecule has 0 saturated carbocycles. The number of rotatable bonds is 7. The van der Waals surface area contributed by atoms with Gasteiger partial charge in [-0.3, -0.25) is 4.79 Å². The van der Waals surface area contributed by atoms with Gasteiger partial charge in [0.15, 0.2) is 6.61 Å². The zero-order chi connectivity index (χ0) is 20.1. The van der Waals surface area contributed by atoms with Crippen LogP contribution in [0.15, 0.2) is 50.5 Å². The first kappa shape index (κ1) is 20.4. The van der Waals surface area contributed by atoms with Gasteiger partial charge >= 0.3 is 0 Å². The monoisotopic (exact) mass is 461 g/mol. The Hall–Kier alpha value is -2.32. The van der Waals surface area contributed by atoms with Crippen LogP contribution in [0, 0.1) is 20.8 Å². The number of aryl methyl sites for hydroxylation is 3. The van der Waals surface area contributed by atoms with Crippen LogP contribution in [0.4, 0.5) is 5.69 Å². The van der Waals surface area contributed by atoms with E-state index in [0.29, 0.717) is 11.1 Å². The number of nitrogens with one attached hydrogen (secondary N) is 1. The summed E-state index contributed by atoms with van der Waals surface area (Å²) in [6.07, 6.45) is 0. The average molecular weight is 462 g/mol. The fraction of sp³-hybridized carbons (Fsp3) is 0.250. The fourth-order valence-electron chi connectivity index (χ4n) is 2.62. The number of benzene rings is 2. The first-order chi connectivity index (χ1) is 13.4. The third-order valence-electron chi connectivity index (χ3n) is 3.98. The lowest BCUT2D eigenvalue weighted by atomic mass is 10.1. The molecule has 0 fully saturated rings. The van der Waals surface area contributed by atoms with Crippen LogP contribution < -0.4 is 10.1 Å². The maximum Gasteiger partial charge on any atom is 0.277 e. The van der Waals surface area contributed by atoms with Crippen LogP contribution in [0.2, 0.25) is 0 Å². The number of thioether (sulfide) groups is 1. The van der Waals surface area contributed by atoms with Crippen LogP contribution in [-0.2, 0) is 11.4 Å². The van der Waals surface area contributed by atoms with Crippen molar-refractivity contribution in [2.24, 2.45) is 0 Å². The van der Waals surface area contributed by atoms with Gasteiger partial charge in [-0.1, -0.05) is 45.9 Å². The van der Waals surface area contributed by atoms with Crippen molar-refractivity contribution in [3.63, 3.8) is 0 Å². The van der Waals surface area contributed by atoms with Gasteiger partial charge in [0.2, 0.25) is 5.91 Å². The molecule has 0 aliphatic carbocycles. The number of amides is 1. The van der Waals surface area contributed by atoms with Crippen LogP contribution >= 0.6 is 27.7 Å². The highest BCUT2D eigenvalue weighted by Crippen LogP contribution is 2.26. The van der Waals surface area contributed by atoms with E-state index < -0.39 is 0 Å². The van der Waals surface area contributed by atoms with Crippen LogP contribution in [0.1, 0.15) is 22.6 Å². The van der Waals surface area contributed by atoms with Gasteiger partial charge in [0, 0.05) is 10.2 Å². The molecular formula is C20H20BrN3O3S. The second-order valence-corrected chi connectivity index (χ2v) is 8.11. The molecule has 8 heteroatoms. The smallest absolute Gasteiger partial charge is 0.277 e. The summed E-state index contributed by atoms with van der Waals surface area (Å²) in [4.78, 5) is 12.3. The molecule has 0 saturated heterocycles. The molecule has 6 nitrogen and oxygen atoms in total. The standard InChI is InChI=1S/C20H20BrN3O3S/c1-12-6-4-5-7-16(12)26-10-18-23-24-20(27-18)28-11-17(25)22-19-13(2)8-15(21)9-14(19)3/h4-9H,10-11H2,1-3H3,(H,22,25). The molecule has 0 atom stereocenters. The Balaban J connectivity index is 1.51. The summed E-state index contributed by atoms with van der Waals surface area (Å²) in [6, 6.07) is 11.6. The predicted molar refractivity (Wildman–Crippen MR) is 113 cm³/mol. The van der Waals surface area contributed by atoms with Crippen molar-refractivity contribution >= 4 is 39.3 Å². The second-order valence-electron chi connectivity index (χ2n) is 6.27. The number of aromatic nitrogens is 2. The third-order valence-corrected chi connectivity index (χ3v) is 5.26. The lowest BCUT2D eigenvalue weighted by Gasteiger charge is -2.11. The zero-order valence-corrected chi connectivity index (χ0v) is 18.2. The number of hydrogen-bond donors (Lipinski definition) is 1. The maximum absolute atomic E-state index is 12.3. The lowest BCUT2D eigenvalue weighted by Crippen LogP contribution is -2.15. The molecule has 146 valence electrons. The number of halogens is 1. The summed E-state index contributed by atoms with van der Waals surface area (Å²) in [5, 5.41) is 11.2. The summed E-state index contributed by atoms with van der Waals surface area (Å²) in [6.45, 7) is 6.07. The number of carbonyl (C=O) groups is 1. The summed E-state index contributed by atoms with van der Waals surface area (Å²) in [5.74, 6) is 1.18. The van der Waals surface area contributed by atoms with Gasteiger partial charge in [0.1, 0.15) is 5.75 Å². The van der Waals surface area contributed by atoms with E-state index in [1.165, 1.54) is 11.8 Å². The van der Waals surface area contributed by atoms with Crippen LogP contribution in [0.25, 0.3) is 0 Å². The largest absolute Gasteiger partial charge is 0.484 e. The Morgan fingerprint density at radius 2 is 1.86 bits per heavy atom. The molecule has 28 heavy (non-hydrogen) atoms. The summed E-state index contributed by atoms with van der Waals surface area (Å²) in [5.41, 5.74) is 3.86. The summed E-state index contributed by atoms with van der Waals surface area (Å²) < 4.78 is 12.2. The Kier molecular flexibility index (Phi) is 6.74. The van der Waals surface area contributed by atoms with Crippen molar-refractivity contribution in [1.29, 1.82) is 0 Å². The van der Waals surface area contributed by atoms with Gasteiger partial charge in [-0.15, -0.1) is 10.2 Å². The van der Waals surface area contributed by atoms with E-state index >= 15 is 0 Å².